The van der Waals surface area contributed by atoms with Gasteiger partial charge in [0.1, 0.15) is 36.1 Å². The van der Waals surface area contributed by atoms with E-state index in [1.165, 1.54) is 64.7 Å². The van der Waals surface area contributed by atoms with E-state index in [1.54, 1.807) is 26.1 Å². The van der Waals surface area contributed by atoms with Crippen LogP contribution in [0.4, 0.5) is 0 Å². The molecule has 9 aliphatic heterocycles. The zero-order valence-corrected chi connectivity index (χ0v) is 67.7. The number of nitrogens with two attached hydrogens (primary N) is 1. The molecule has 0 radical (unpaired) electrons. The van der Waals surface area contributed by atoms with E-state index >= 15 is 0 Å². The molecule has 6 atom stereocenters. The van der Waals surface area contributed by atoms with Crippen molar-refractivity contribution in [2.24, 2.45) is 23.5 Å². The summed E-state index contributed by atoms with van der Waals surface area (Å²) in [5.41, 5.74) is 8.57. The number of aliphatic carboxylic acids is 1. The third-order valence-corrected chi connectivity index (χ3v) is 18.6. The van der Waals surface area contributed by atoms with Gasteiger partial charge in [0.25, 0.3) is 0 Å². The number of fused-ring (bicyclic) bond motifs is 9. The summed E-state index contributed by atoms with van der Waals surface area (Å²) in [4.78, 5) is 53.2. The molecule has 0 amide bonds. The molecule has 2 saturated carbocycles. The predicted octanol–water partition coefficient (Wildman–Crippen LogP) is 7.42. The summed E-state index contributed by atoms with van der Waals surface area (Å²) in [5.74, 6) is 116. The number of hydrogen-bond donors (Lipinski definition) is 5. The van der Waals surface area contributed by atoms with E-state index in [2.05, 4.69) is 304 Å². The van der Waals surface area contributed by atoms with Gasteiger partial charge in [-0.3, -0.25) is 24.7 Å². The van der Waals surface area contributed by atoms with Gasteiger partial charge >= 0.3 is 17.9 Å². The summed E-state index contributed by atoms with van der Waals surface area (Å²) in [5, 5.41) is 24.4. The number of hydrogen-bond acceptors (Lipinski definition) is 13. The number of esters is 2. The second-order valence-corrected chi connectivity index (χ2v) is 26.6. The number of aliphatic hydroxyl groups excluding tert-OH is 1. The molecule has 0 spiro atoms. The highest BCUT2D eigenvalue weighted by molar-refractivity contribution is 5.80. The second kappa shape index (κ2) is 62.8. The third kappa shape index (κ3) is 43.1. The van der Waals surface area contributed by atoms with Gasteiger partial charge in [-0.1, -0.05) is 110 Å². The van der Waals surface area contributed by atoms with Crippen LogP contribution in [-0.2, 0) is 28.7 Å². The monoisotopic (exact) mass is 1580 g/mol. The Hall–Kier alpha value is -15.5. The van der Waals surface area contributed by atoms with Crippen LogP contribution in [0.5, 0.6) is 0 Å². The fourth-order valence-electron chi connectivity index (χ4n) is 12.8. The summed E-state index contributed by atoms with van der Waals surface area (Å²) in [6.07, 6.45) is 30.7. The highest BCUT2D eigenvalue weighted by Crippen LogP contribution is 2.33. The smallest absolute Gasteiger partial charge is 0.328 e. The average molecular weight is 1580 g/mol. The molecule has 0 aromatic heterocycles. The first-order chi connectivity index (χ1) is 59.4. The maximum absolute atomic E-state index is 13.0. The molecular weight excluding hydrogens is 1500 g/mol. The molecule has 14 rings (SSSR count). The molecule has 14 nitrogen and oxygen atoms in total. The van der Waals surface area contributed by atoms with Crippen molar-refractivity contribution in [2.45, 2.75) is 139 Å². The molecule has 6 bridgehead atoms. The SMILES string of the molecule is C#CC#CC#CC#CC#CC#CC#CC#CC#CC#CC#CC#CC.C#CC#CC#CC#CC#CC#CC#CC#CC#CC#CC#CC#CC#C.CNC(C(=O)O)c1ccccc1.NC(C(=O)O[C@H]1CN2CCC1CC2)c1ccccc1.O=C(O[C@H]1CN2CCC1CC2)C(NC1CCCC1)c1ccccc1.O=C1CCCC1.O[C@H]1CN2CCC1CC2. The number of nitrogens with zero attached hydrogens (tertiary/aromatic N) is 3. The van der Waals surface area contributed by atoms with Crippen molar-refractivity contribution in [1.82, 2.24) is 25.3 Å². The average Bonchev–Trinajstić information content (AvgIpc) is 1.36. The number of carbonyl (C=O) groups excluding carboxylic acids is 3. The van der Waals surface area contributed by atoms with Crippen molar-refractivity contribution in [2.75, 3.05) is 66.0 Å². The van der Waals surface area contributed by atoms with Crippen molar-refractivity contribution >= 4 is 23.7 Å². The Morgan fingerprint density at radius 3 is 0.909 bits per heavy atom. The lowest BCUT2D eigenvalue weighted by Gasteiger charge is -2.44. The summed E-state index contributed by atoms with van der Waals surface area (Å²) in [6.45, 7) is 11.5. The molecule has 3 aromatic rings. The largest absolute Gasteiger partial charge is 0.480 e. The molecule has 6 N–H and O–H groups in total. The van der Waals surface area contributed by atoms with E-state index in [0.717, 1.165) is 101 Å². The summed E-state index contributed by atoms with van der Waals surface area (Å²) >= 11 is 0. The molecule has 121 heavy (non-hydrogen) atoms. The second-order valence-electron chi connectivity index (χ2n) is 26.6. The zero-order chi connectivity index (χ0) is 86.5. The van der Waals surface area contributed by atoms with Crippen LogP contribution in [-0.4, -0.2) is 139 Å². The number of piperidine rings is 9. The van der Waals surface area contributed by atoms with Crippen LogP contribution in [0.25, 0.3) is 0 Å². The van der Waals surface area contributed by atoms with E-state index in [9.17, 15) is 24.3 Å². The van der Waals surface area contributed by atoms with Gasteiger partial charge < -0.3 is 35.6 Å². The number of nitrogens with one attached hydrogen (secondary N) is 2. The molecule has 3 aromatic carbocycles. The van der Waals surface area contributed by atoms with Crippen LogP contribution >= 0.6 is 0 Å². The Labute approximate surface area is 717 Å². The number of ketones is 1. The van der Waals surface area contributed by atoms with Crippen LogP contribution in [0.2, 0.25) is 0 Å². The van der Waals surface area contributed by atoms with Crippen molar-refractivity contribution in [1.29, 1.82) is 0 Å². The van der Waals surface area contributed by atoms with Gasteiger partial charge in [-0.15, -0.1) is 19.3 Å². The van der Waals surface area contributed by atoms with Crippen LogP contribution in [0.1, 0.15) is 132 Å². The van der Waals surface area contributed by atoms with Crippen molar-refractivity contribution in [3.8, 4) is 298 Å². The maximum atomic E-state index is 13.0. The number of benzene rings is 3. The molecule has 2 aliphatic carbocycles. The van der Waals surface area contributed by atoms with E-state index in [0.29, 0.717) is 29.6 Å². The number of likely N-dealkylation sites (N-methyl/N-ethyl adjacent to an activating group) is 1. The number of carboxylic acids is 1. The molecule has 14 heteroatoms. The Morgan fingerprint density at radius 2 is 0.669 bits per heavy atom. The van der Waals surface area contributed by atoms with E-state index in [4.69, 9.17) is 39.6 Å². The fourth-order valence-corrected chi connectivity index (χ4v) is 12.8. The molecule has 9 heterocycles. The zero-order valence-electron chi connectivity index (χ0n) is 67.7. The number of ether oxygens (including phenoxy) is 2. The minimum atomic E-state index is -0.858. The topological polar surface area (TPSA) is 187 Å². The fraction of sp³-hybridized carbons (Fsp3) is 0.327. The number of rotatable bonds is 11. The van der Waals surface area contributed by atoms with Crippen LogP contribution < -0.4 is 16.4 Å². The lowest BCUT2D eigenvalue weighted by molar-refractivity contribution is -0.162. The Kier molecular flexibility index (Phi) is 49.8. The van der Waals surface area contributed by atoms with E-state index < -0.39 is 18.1 Å². The first kappa shape index (κ1) is 96.0. The van der Waals surface area contributed by atoms with Crippen molar-refractivity contribution < 1.29 is 38.9 Å². The molecule has 592 valence electrons. The minimum Gasteiger partial charge on any atom is -0.480 e. The molecule has 3 unspecified atom stereocenters. The number of Topliss-reactive ketones (excluding diaryl/α,β-unsaturated/α-hetero) is 1. The van der Waals surface area contributed by atoms with Crippen molar-refractivity contribution in [3.63, 3.8) is 0 Å². The van der Waals surface area contributed by atoms with Gasteiger partial charge in [0.15, 0.2) is 0 Å². The summed E-state index contributed by atoms with van der Waals surface area (Å²) < 4.78 is 11.6. The predicted molar refractivity (Wildman–Crippen MR) is 474 cm³/mol. The Balaban J connectivity index is 0.000000260. The first-order valence-corrected chi connectivity index (χ1v) is 39.0. The van der Waals surface area contributed by atoms with Crippen LogP contribution in [0.15, 0.2) is 91.0 Å². The summed E-state index contributed by atoms with van der Waals surface area (Å²) in [6, 6.07) is 27.4. The molecule has 11 fully saturated rings. The number of carbonyl (C=O) groups is 4. The third-order valence-electron chi connectivity index (χ3n) is 18.6. The van der Waals surface area contributed by atoms with Crippen LogP contribution in [0.3, 0.4) is 0 Å². The number of aliphatic hydroxyl groups is 1. The molecular formula is C107H86N6O8. The van der Waals surface area contributed by atoms with Gasteiger partial charge in [0.05, 0.1) is 6.10 Å². The molecule has 9 saturated heterocycles. The quantitative estimate of drug-likeness (QED) is 0.0943. The first-order valence-electron chi connectivity index (χ1n) is 39.0. The Bertz CT molecular complexity index is 5640. The van der Waals surface area contributed by atoms with Crippen LogP contribution in [0, 0.1) is 315 Å². The highest BCUT2D eigenvalue weighted by Gasteiger charge is 2.40. The normalized spacial score (nSPS) is 18.7. The Morgan fingerprint density at radius 1 is 0.388 bits per heavy atom. The maximum Gasteiger partial charge on any atom is 0.328 e. The molecule has 11 aliphatic rings. The van der Waals surface area contributed by atoms with Gasteiger partial charge in [-0.25, -0.2) is 9.59 Å². The lowest BCUT2D eigenvalue weighted by Crippen LogP contribution is -2.52. The standard InChI is InChI=1S/C26H2.C25H4.C20H28N2O2.C15H20N2O2.C9H11NO2.C7H13NO.C5H8O/c1-3-5-7-9-11-13-15-17-19-21-23-25-26-24-22-20-18-16-14-12-10-8-6-4-2;1-3-5-7-9-11-13-15-17-19-21-23-25-24-22-20-18-16-14-12-10-8-6-4-2;23-20(24-18-14-22-12-10-15(18)11-13-22)19(16-6-2-1-3-7-16)21-17-8-4-5-9-17;16-14(12-4-2-1-3-5-12)15(18)19-13-10-17-8-6-11(13)7-9-17;1-10-8(9(11)12)7-5-3-2-4-6-7;9-7-5-8-3-1-6(7)2-4-8;6-5-3-1-2-4-5/h1-2H;1H,2H3;1-3,6-7,15,17-19,21H,4-5,8-14H2;1-5,11,13-14H,6-10,16H2;2-6,8,10H,1H3,(H,11,12);6-7,9H,1-5H2;1-4H2/t;;18-,19?;13-,14?;;7-;/m..00.0./s1. The van der Waals surface area contributed by atoms with Gasteiger partial charge in [0.2, 0.25) is 0 Å². The van der Waals surface area contributed by atoms with Crippen molar-refractivity contribution in [3.05, 3.63) is 108 Å². The number of carboxylic acid groups (broad SMARTS) is 1. The highest BCUT2D eigenvalue weighted by atomic mass is 16.6. The number of terminal acetylenes is 3. The minimum absolute atomic E-state index is 0.00694. The van der Waals surface area contributed by atoms with E-state index in [-0.39, 0.29) is 36.3 Å². The lowest BCUT2D eigenvalue weighted by atomic mass is 9.86. The van der Waals surface area contributed by atoms with E-state index in [1.807, 2.05) is 78.9 Å². The van der Waals surface area contributed by atoms with Gasteiger partial charge in [0, 0.05) is 121 Å². The summed E-state index contributed by atoms with van der Waals surface area (Å²) in [7, 11) is 1.63. The van der Waals surface area contributed by atoms with Gasteiger partial charge in [-0.2, -0.15) is 0 Å². The van der Waals surface area contributed by atoms with Gasteiger partial charge in [-0.05, 0) is 341 Å².